The minimum Gasteiger partial charge on any atom is -0.308 e. The van der Waals surface area contributed by atoms with Crippen molar-refractivity contribution < 1.29 is 9.36 Å². The Labute approximate surface area is 112 Å². The van der Waals surface area contributed by atoms with Gasteiger partial charge in [0, 0.05) is 18.3 Å². The number of benzene rings is 1. The van der Waals surface area contributed by atoms with E-state index in [9.17, 15) is 4.79 Å². The summed E-state index contributed by atoms with van der Waals surface area (Å²) in [6.07, 6.45) is 2.76. The Morgan fingerprint density at radius 3 is 2.84 bits per heavy atom. The third-order valence-corrected chi connectivity index (χ3v) is 3.47. The molecule has 1 aromatic heterocycles. The van der Waals surface area contributed by atoms with Crippen LogP contribution in [0.4, 0.5) is 11.5 Å². The van der Waals surface area contributed by atoms with Gasteiger partial charge in [0.1, 0.15) is 0 Å². The zero-order valence-corrected chi connectivity index (χ0v) is 10.6. The van der Waals surface area contributed by atoms with E-state index in [1.54, 1.807) is 10.6 Å². The van der Waals surface area contributed by atoms with Crippen LogP contribution in [0.5, 0.6) is 0 Å². The molecule has 4 heteroatoms. The van der Waals surface area contributed by atoms with Crippen molar-refractivity contribution in [3.63, 3.8) is 0 Å². The summed E-state index contributed by atoms with van der Waals surface area (Å²) in [6.45, 7) is 1.03. The maximum atomic E-state index is 12.4. The lowest BCUT2D eigenvalue weighted by Gasteiger charge is -2.16. The molecule has 0 unspecified atom stereocenters. The molecule has 2 aromatic rings. The van der Waals surface area contributed by atoms with Gasteiger partial charge in [-0.2, -0.15) is 0 Å². The molecule has 96 valence electrons. The van der Waals surface area contributed by atoms with Crippen molar-refractivity contribution in [2.75, 3.05) is 17.2 Å². The van der Waals surface area contributed by atoms with Crippen molar-refractivity contribution in [2.24, 2.45) is 0 Å². The number of rotatable bonds is 2. The van der Waals surface area contributed by atoms with Gasteiger partial charge in [0.05, 0.1) is 6.20 Å². The molecule has 0 saturated carbocycles. The lowest BCUT2D eigenvalue weighted by atomic mass is 10.2. The first kappa shape index (κ1) is 11.7. The molecule has 2 N–H and O–H groups in total. The normalized spacial score (nSPS) is 13.4. The van der Waals surface area contributed by atoms with Crippen molar-refractivity contribution in [2.45, 2.75) is 13.0 Å². The first-order chi connectivity index (χ1) is 9.25. The Hall–Kier alpha value is -2.36. The van der Waals surface area contributed by atoms with Gasteiger partial charge in [-0.25, -0.2) is 4.57 Å². The minimum absolute atomic E-state index is 0.0767. The Morgan fingerprint density at radius 2 is 2.00 bits per heavy atom. The molecule has 19 heavy (non-hydrogen) atoms. The van der Waals surface area contributed by atoms with Crippen molar-refractivity contribution in [1.82, 2.24) is 0 Å². The molecule has 4 nitrogen and oxygen atoms in total. The van der Waals surface area contributed by atoms with Crippen molar-refractivity contribution in [3.05, 3.63) is 54.2 Å². The Balaban J connectivity index is 1.81. The second kappa shape index (κ2) is 4.72. The third kappa shape index (κ3) is 2.17. The largest absolute Gasteiger partial charge is 0.308 e. The van der Waals surface area contributed by atoms with Crippen LogP contribution in [0.3, 0.4) is 0 Å². The summed E-state index contributed by atoms with van der Waals surface area (Å²) in [4.78, 5) is 14.2. The summed E-state index contributed by atoms with van der Waals surface area (Å²) >= 11 is 0. The highest BCUT2D eigenvalue weighted by Gasteiger charge is 2.25. The van der Waals surface area contributed by atoms with Crippen LogP contribution in [0.25, 0.3) is 0 Å². The van der Waals surface area contributed by atoms with E-state index in [4.69, 9.17) is 5.73 Å². The van der Waals surface area contributed by atoms with E-state index in [0.717, 1.165) is 18.7 Å². The number of carbonyl (C=O) groups is 1. The van der Waals surface area contributed by atoms with Crippen LogP contribution in [0.2, 0.25) is 0 Å². The maximum Gasteiger partial charge on any atom is 0.272 e. The summed E-state index contributed by atoms with van der Waals surface area (Å²) in [5.41, 5.74) is 8.12. The summed E-state index contributed by atoms with van der Waals surface area (Å²) < 4.78 is 1.77. The molecule has 0 atom stereocenters. The maximum absolute atomic E-state index is 12.4. The van der Waals surface area contributed by atoms with Crippen LogP contribution in [0.15, 0.2) is 48.7 Å². The van der Waals surface area contributed by atoms with E-state index in [0.29, 0.717) is 5.82 Å². The molecule has 0 saturated heterocycles. The predicted octanol–water partition coefficient (Wildman–Crippen LogP) is 1.15. The van der Waals surface area contributed by atoms with E-state index in [1.807, 2.05) is 41.4 Å². The average Bonchev–Trinajstić information content (AvgIpc) is 2.85. The van der Waals surface area contributed by atoms with Crippen LogP contribution in [0, 0.1) is 0 Å². The Bertz CT molecular complexity index is 624. The number of nitrogens with zero attached hydrogens (tertiary/aromatic N) is 2. The zero-order chi connectivity index (χ0) is 13.2. The number of hydrogen-bond donors (Lipinski definition) is 1. The van der Waals surface area contributed by atoms with E-state index in [1.165, 1.54) is 5.56 Å². The Kier molecular flexibility index (Phi) is 2.91. The number of nitrogen functional groups attached to an aromatic ring is 1. The van der Waals surface area contributed by atoms with Crippen LogP contribution < -0.4 is 15.2 Å². The highest BCUT2D eigenvalue weighted by atomic mass is 16.2. The Morgan fingerprint density at radius 1 is 1.21 bits per heavy atom. The second-order valence-electron chi connectivity index (χ2n) is 4.68. The molecular weight excluding hydrogens is 238 g/mol. The molecule has 1 amide bonds. The van der Waals surface area contributed by atoms with Crippen LogP contribution in [-0.2, 0) is 17.8 Å². The number of fused-ring (bicyclic) bond motifs is 1. The monoisotopic (exact) mass is 254 g/mol. The number of nitrogens with two attached hydrogens (primary N) is 1. The lowest BCUT2D eigenvalue weighted by molar-refractivity contribution is -0.669. The molecule has 1 aliphatic rings. The smallest absolute Gasteiger partial charge is 0.272 e. The summed E-state index contributed by atoms with van der Waals surface area (Å²) in [5.74, 6) is 0.677. The molecule has 0 spiro atoms. The van der Waals surface area contributed by atoms with Gasteiger partial charge in [-0.3, -0.25) is 10.5 Å². The minimum atomic E-state index is 0.0767. The predicted molar refractivity (Wildman–Crippen MR) is 73.5 cm³/mol. The van der Waals surface area contributed by atoms with Gasteiger partial charge in [-0.05, 0) is 24.1 Å². The molecule has 2 heterocycles. The van der Waals surface area contributed by atoms with Gasteiger partial charge in [-0.15, -0.1) is 0 Å². The number of para-hydroxylation sites is 1. The van der Waals surface area contributed by atoms with Crippen LogP contribution in [-0.4, -0.2) is 12.5 Å². The van der Waals surface area contributed by atoms with Gasteiger partial charge in [0.15, 0.2) is 6.54 Å². The summed E-state index contributed by atoms with van der Waals surface area (Å²) in [5, 5.41) is 0. The van der Waals surface area contributed by atoms with E-state index in [-0.39, 0.29) is 12.5 Å². The summed E-state index contributed by atoms with van der Waals surface area (Å²) in [7, 11) is 0. The molecule has 1 aromatic carbocycles. The highest BCUT2D eigenvalue weighted by molar-refractivity contribution is 5.94. The third-order valence-electron chi connectivity index (χ3n) is 3.47. The first-order valence-corrected chi connectivity index (χ1v) is 6.38. The highest BCUT2D eigenvalue weighted by Crippen LogP contribution is 2.27. The van der Waals surface area contributed by atoms with E-state index < -0.39 is 0 Å². The molecule has 0 aliphatic carbocycles. The van der Waals surface area contributed by atoms with Crippen molar-refractivity contribution >= 4 is 17.4 Å². The second-order valence-corrected chi connectivity index (χ2v) is 4.68. The fourth-order valence-electron chi connectivity index (χ4n) is 2.46. The summed E-state index contributed by atoms with van der Waals surface area (Å²) in [6, 6.07) is 13.6. The number of aromatic nitrogens is 1. The van der Waals surface area contributed by atoms with Crippen LogP contribution in [0.1, 0.15) is 5.56 Å². The SMILES string of the molecule is Nc1cccc[n+]1CC(=O)N1CCc2ccccc21. The fraction of sp³-hybridized carbons (Fsp3) is 0.200. The topological polar surface area (TPSA) is 50.2 Å². The number of anilines is 2. The standard InChI is InChI=1S/C15H15N3O/c16-14-7-3-4-9-17(14)11-15(19)18-10-8-12-5-1-2-6-13(12)18/h1-7,9,16H,8,10-11H2/p+1. The zero-order valence-electron chi connectivity index (χ0n) is 10.6. The molecule has 0 bridgehead atoms. The average molecular weight is 254 g/mol. The van der Waals surface area contributed by atoms with Crippen molar-refractivity contribution in [1.29, 1.82) is 0 Å². The fourth-order valence-corrected chi connectivity index (χ4v) is 2.46. The number of pyridine rings is 1. The molecule has 0 fully saturated rings. The van der Waals surface area contributed by atoms with Gasteiger partial charge in [0.25, 0.3) is 11.7 Å². The van der Waals surface area contributed by atoms with E-state index in [2.05, 4.69) is 6.07 Å². The van der Waals surface area contributed by atoms with E-state index >= 15 is 0 Å². The van der Waals surface area contributed by atoms with Gasteiger partial charge < -0.3 is 4.90 Å². The molecule has 1 aliphatic heterocycles. The van der Waals surface area contributed by atoms with Crippen LogP contribution >= 0.6 is 0 Å². The number of hydrogen-bond acceptors (Lipinski definition) is 2. The number of amides is 1. The molecule has 3 rings (SSSR count). The molecular formula is C15H16N3O+. The van der Waals surface area contributed by atoms with Gasteiger partial charge >= 0.3 is 0 Å². The lowest BCUT2D eigenvalue weighted by Crippen LogP contribution is -2.45. The first-order valence-electron chi connectivity index (χ1n) is 6.38. The van der Waals surface area contributed by atoms with Gasteiger partial charge in [-0.1, -0.05) is 24.3 Å². The number of carbonyl (C=O) groups excluding carboxylic acids is 1. The molecule has 0 radical (unpaired) electrons. The van der Waals surface area contributed by atoms with Gasteiger partial charge in [0.2, 0.25) is 0 Å². The quantitative estimate of drug-likeness (QED) is 0.817. The van der Waals surface area contributed by atoms with Crippen molar-refractivity contribution in [3.8, 4) is 0 Å².